The van der Waals surface area contributed by atoms with Gasteiger partial charge in [0.15, 0.2) is 0 Å². The zero-order valence-electron chi connectivity index (χ0n) is 11.9. The van der Waals surface area contributed by atoms with Crippen LogP contribution < -0.4 is 0 Å². The Morgan fingerprint density at radius 3 is 3.10 bits per heavy atom. The summed E-state index contributed by atoms with van der Waals surface area (Å²) in [5.74, 6) is 0.594. The van der Waals surface area contributed by atoms with Gasteiger partial charge in [0, 0.05) is 12.7 Å². The lowest BCUT2D eigenvalue weighted by Crippen LogP contribution is -2.52. The molecule has 1 atom stereocenters. The third kappa shape index (κ3) is 2.97. The van der Waals surface area contributed by atoms with Gasteiger partial charge in [0.05, 0.1) is 24.8 Å². The van der Waals surface area contributed by atoms with Crippen molar-refractivity contribution in [1.29, 1.82) is 0 Å². The third-order valence-corrected chi connectivity index (χ3v) is 3.75. The molecular weight excluding hydrogens is 272 g/mol. The van der Waals surface area contributed by atoms with Gasteiger partial charge in [0.2, 0.25) is 0 Å². The standard InChI is InChI=1S/C14H18N4O3/c1-11-7-12(8-21-11)13(19)17-5-2-3-14(20,9-17)10-18-6-4-15-16-18/h4,6-8,20H,2-3,5,9-10H2,1H3. The maximum absolute atomic E-state index is 12.4. The number of carbonyl (C=O) groups excluding carboxylic acids is 1. The minimum Gasteiger partial charge on any atom is -0.469 e. The normalized spacial score (nSPS) is 22.5. The summed E-state index contributed by atoms with van der Waals surface area (Å²) in [6, 6.07) is 1.72. The van der Waals surface area contributed by atoms with Gasteiger partial charge in [-0.3, -0.25) is 4.79 Å². The first-order chi connectivity index (χ1) is 10.1. The van der Waals surface area contributed by atoms with E-state index >= 15 is 0 Å². The number of furan rings is 1. The van der Waals surface area contributed by atoms with Crippen molar-refractivity contribution >= 4 is 5.91 Å². The van der Waals surface area contributed by atoms with Crippen molar-refractivity contribution < 1.29 is 14.3 Å². The van der Waals surface area contributed by atoms with Gasteiger partial charge >= 0.3 is 0 Å². The molecule has 0 aromatic carbocycles. The highest BCUT2D eigenvalue weighted by Gasteiger charge is 2.36. The number of β-amino-alcohol motifs (C(OH)–C–C–N with tert-alkyl or cyclic N) is 1. The number of aryl methyl sites for hydroxylation is 1. The summed E-state index contributed by atoms with van der Waals surface area (Å²) < 4.78 is 6.77. The number of aromatic nitrogens is 3. The highest BCUT2D eigenvalue weighted by atomic mass is 16.3. The molecule has 1 amide bonds. The van der Waals surface area contributed by atoms with Crippen LogP contribution in [0.25, 0.3) is 0 Å². The minimum atomic E-state index is -0.972. The second kappa shape index (κ2) is 5.33. The van der Waals surface area contributed by atoms with E-state index in [1.807, 2.05) is 0 Å². The molecule has 1 saturated heterocycles. The van der Waals surface area contributed by atoms with Crippen molar-refractivity contribution in [3.8, 4) is 0 Å². The topological polar surface area (TPSA) is 84.4 Å². The molecule has 1 aliphatic rings. The molecule has 1 fully saturated rings. The SMILES string of the molecule is Cc1cc(C(=O)N2CCCC(O)(Cn3ccnn3)C2)co1. The molecule has 1 N–H and O–H groups in total. The summed E-state index contributed by atoms with van der Waals surface area (Å²) in [7, 11) is 0. The molecule has 3 heterocycles. The molecule has 7 nitrogen and oxygen atoms in total. The van der Waals surface area contributed by atoms with Crippen LogP contribution in [-0.4, -0.2) is 49.6 Å². The van der Waals surface area contributed by atoms with Crippen LogP contribution in [0.2, 0.25) is 0 Å². The number of nitrogens with zero attached hydrogens (tertiary/aromatic N) is 4. The third-order valence-electron chi connectivity index (χ3n) is 3.75. The molecule has 3 rings (SSSR count). The fraction of sp³-hybridized carbons (Fsp3) is 0.500. The summed E-state index contributed by atoms with van der Waals surface area (Å²) in [4.78, 5) is 14.1. The van der Waals surface area contributed by atoms with Crippen molar-refractivity contribution in [3.05, 3.63) is 36.0 Å². The maximum Gasteiger partial charge on any atom is 0.257 e. The Morgan fingerprint density at radius 1 is 1.57 bits per heavy atom. The van der Waals surface area contributed by atoms with E-state index < -0.39 is 5.60 Å². The predicted octanol–water partition coefficient (Wildman–Crippen LogP) is 0.847. The summed E-state index contributed by atoms with van der Waals surface area (Å²) in [5, 5.41) is 18.3. The summed E-state index contributed by atoms with van der Waals surface area (Å²) in [5.41, 5.74) is -0.446. The molecule has 0 saturated carbocycles. The van der Waals surface area contributed by atoms with Gasteiger partial charge in [-0.1, -0.05) is 5.21 Å². The molecule has 1 aliphatic heterocycles. The van der Waals surface area contributed by atoms with E-state index in [1.165, 1.54) is 6.26 Å². The van der Waals surface area contributed by atoms with Gasteiger partial charge in [-0.15, -0.1) is 5.10 Å². The Morgan fingerprint density at radius 2 is 2.43 bits per heavy atom. The van der Waals surface area contributed by atoms with E-state index in [9.17, 15) is 9.90 Å². The number of hydrogen-bond donors (Lipinski definition) is 1. The van der Waals surface area contributed by atoms with Crippen molar-refractivity contribution in [2.24, 2.45) is 0 Å². The fourth-order valence-corrected chi connectivity index (χ4v) is 2.77. The average molecular weight is 290 g/mol. The lowest BCUT2D eigenvalue weighted by atomic mass is 9.92. The Balaban J connectivity index is 1.71. The van der Waals surface area contributed by atoms with Crippen LogP contribution >= 0.6 is 0 Å². The van der Waals surface area contributed by atoms with Gasteiger partial charge < -0.3 is 14.4 Å². The van der Waals surface area contributed by atoms with Crippen LogP contribution in [0.1, 0.15) is 29.0 Å². The summed E-state index contributed by atoms with van der Waals surface area (Å²) >= 11 is 0. The molecule has 112 valence electrons. The number of aliphatic hydroxyl groups is 1. The number of rotatable bonds is 3. The Kier molecular flexibility index (Phi) is 3.50. The molecule has 1 unspecified atom stereocenters. The van der Waals surface area contributed by atoms with Crippen LogP contribution in [0.5, 0.6) is 0 Å². The molecule has 2 aromatic rings. The Labute approximate surface area is 122 Å². The zero-order chi connectivity index (χ0) is 14.9. The molecule has 0 spiro atoms. The number of hydrogen-bond acceptors (Lipinski definition) is 5. The van der Waals surface area contributed by atoms with Crippen molar-refractivity contribution in [2.75, 3.05) is 13.1 Å². The molecule has 21 heavy (non-hydrogen) atoms. The lowest BCUT2D eigenvalue weighted by Gasteiger charge is -2.38. The van der Waals surface area contributed by atoms with Crippen LogP contribution in [-0.2, 0) is 6.54 Å². The van der Waals surface area contributed by atoms with Crippen molar-refractivity contribution in [1.82, 2.24) is 19.9 Å². The van der Waals surface area contributed by atoms with E-state index in [-0.39, 0.29) is 12.5 Å². The van der Waals surface area contributed by atoms with Gasteiger partial charge in [-0.2, -0.15) is 0 Å². The number of carbonyl (C=O) groups is 1. The molecule has 0 radical (unpaired) electrons. The number of amides is 1. The van der Waals surface area contributed by atoms with Crippen molar-refractivity contribution in [2.45, 2.75) is 31.9 Å². The zero-order valence-corrected chi connectivity index (χ0v) is 11.9. The van der Waals surface area contributed by atoms with Crippen LogP contribution in [0.4, 0.5) is 0 Å². The first-order valence-corrected chi connectivity index (χ1v) is 6.97. The molecule has 7 heteroatoms. The van der Waals surface area contributed by atoms with E-state index in [2.05, 4.69) is 10.3 Å². The van der Waals surface area contributed by atoms with Crippen LogP contribution in [0.15, 0.2) is 29.1 Å². The average Bonchev–Trinajstić information content (AvgIpc) is 3.09. The van der Waals surface area contributed by atoms with Gasteiger partial charge in [0.1, 0.15) is 17.6 Å². The molecule has 0 aliphatic carbocycles. The first-order valence-electron chi connectivity index (χ1n) is 6.97. The van der Waals surface area contributed by atoms with E-state index in [4.69, 9.17) is 4.42 Å². The maximum atomic E-state index is 12.4. The van der Waals surface area contributed by atoms with Crippen LogP contribution in [0, 0.1) is 6.92 Å². The van der Waals surface area contributed by atoms with Gasteiger partial charge in [0.25, 0.3) is 5.91 Å². The molecule has 0 bridgehead atoms. The number of piperidine rings is 1. The smallest absolute Gasteiger partial charge is 0.257 e. The van der Waals surface area contributed by atoms with Gasteiger partial charge in [-0.25, -0.2) is 4.68 Å². The second-order valence-corrected chi connectivity index (χ2v) is 5.60. The highest BCUT2D eigenvalue weighted by Crippen LogP contribution is 2.24. The Hall–Kier alpha value is -2.15. The summed E-state index contributed by atoms with van der Waals surface area (Å²) in [6.07, 6.45) is 6.14. The minimum absolute atomic E-state index is 0.108. The van der Waals surface area contributed by atoms with E-state index in [1.54, 1.807) is 35.0 Å². The highest BCUT2D eigenvalue weighted by molar-refractivity contribution is 5.94. The van der Waals surface area contributed by atoms with E-state index in [0.29, 0.717) is 30.8 Å². The second-order valence-electron chi connectivity index (χ2n) is 5.60. The first kappa shape index (κ1) is 13.8. The van der Waals surface area contributed by atoms with Crippen molar-refractivity contribution in [3.63, 3.8) is 0 Å². The summed E-state index contributed by atoms with van der Waals surface area (Å²) in [6.45, 7) is 3.06. The Bertz CT molecular complexity index is 622. The fourth-order valence-electron chi connectivity index (χ4n) is 2.77. The van der Waals surface area contributed by atoms with Crippen LogP contribution in [0.3, 0.4) is 0 Å². The van der Waals surface area contributed by atoms with Gasteiger partial charge in [-0.05, 0) is 25.8 Å². The molecule has 2 aromatic heterocycles. The quantitative estimate of drug-likeness (QED) is 0.905. The largest absolute Gasteiger partial charge is 0.469 e. The molecular formula is C14H18N4O3. The van der Waals surface area contributed by atoms with E-state index in [0.717, 1.165) is 6.42 Å². The monoisotopic (exact) mass is 290 g/mol. The predicted molar refractivity (Wildman–Crippen MR) is 73.6 cm³/mol. The number of likely N-dealkylation sites (tertiary alicyclic amines) is 1. The lowest BCUT2D eigenvalue weighted by molar-refractivity contribution is -0.0387.